The Hall–Kier alpha value is -2.32. The summed E-state index contributed by atoms with van der Waals surface area (Å²) in [5.74, 6) is 1.27. The highest BCUT2D eigenvalue weighted by Crippen LogP contribution is 2.30. The molecule has 0 saturated carbocycles. The molecule has 2 aromatic carbocycles. The van der Waals surface area contributed by atoms with Gasteiger partial charge < -0.3 is 14.0 Å². The normalized spacial score (nSPS) is 12.6. The summed E-state index contributed by atoms with van der Waals surface area (Å²) in [7, 11) is 1.08. The van der Waals surface area contributed by atoms with E-state index >= 15 is 0 Å². The minimum atomic E-state index is -3.82. The number of hydrogen-bond donors (Lipinski definition) is 0. The van der Waals surface area contributed by atoms with Crippen LogP contribution in [0.4, 0.5) is 0 Å². The second kappa shape index (κ2) is 6.53. The molecule has 132 valence electrons. The molecule has 0 aliphatic heterocycles. The van der Waals surface area contributed by atoms with Crippen LogP contribution in [0.2, 0.25) is 0 Å². The number of fused-ring (bicyclic) bond motifs is 1. The largest absolute Gasteiger partial charge is 0.497 e. The van der Waals surface area contributed by atoms with Gasteiger partial charge in [-0.2, -0.15) is 8.42 Å². The fourth-order valence-electron chi connectivity index (χ4n) is 2.50. The summed E-state index contributed by atoms with van der Waals surface area (Å²) >= 11 is 1.32. The van der Waals surface area contributed by atoms with Gasteiger partial charge in [0.15, 0.2) is 0 Å². The zero-order valence-corrected chi connectivity index (χ0v) is 15.9. The van der Waals surface area contributed by atoms with Gasteiger partial charge in [-0.1, -0.05) is 17.4 Å². The molecule has 0 N–H and O–H groups in total. The number of ether oxygens (including phenoxy) is 2. The van der Waals surface area contributed by atoms with E-state index in [0.717, 1.165) is 15.8 Å². The maximum Gasteiger partial charge on any atom is 0.285 e. The van der Waals surface area contributed by atoms with Crippen LogP contribution in [0.15, 0.2) is 45.7 Å². The number of hydrogen-bond acceptors (Lipinski definition) is 5. The molecule has 1 aromatic heterocycles. The Kier molecular flexibility index (Phi) is 4.57. The Morgan fingerprint density at radius 1 is 1.04 bits per heavy atom. The predicted octanol–water partition coefficient (Wildman–Crippen LogP) is 2.86. The molecule has 0 unspecified atom stereocenters. The van der Waals surface area contributed by atoms with Gasteiger partial charge in [-0.25, -0.2) is 0 Å². The zero-order valence-electron chi connectivity index (χ0n) is 14.3. The first-order valence-electron chi connectivity index (χ1n) is 7.45. The van der Waals surface area contributed by atoms with Crippen LogP contribution in [0.5, 0.6) is 11.5 Å². The SMILES string of the molecule is COc1ccc(S(=O)(=O)N=c2sc3c(C)ccc(OC)c3n2C)cc1. The summed E-state index contributed by atoms with van der Waals surface area (Å²) in [6.07, 6.45) is 0. The van der Waals surface area contributed by atoms with Crippen molar-refractivity contribution in [2.45, 2.75) is 11.8 Å². The van der Waals surface area contributed by atoms with Gasteiger partial charge in [0.25, 0.3) is 10.0 Å². The van der Waals surface area contributed by atoms with Crippen molar-refractivity contribution in [1.82, 2.24) is 4.57 Å². The van der Waals surface area contributed by atoms with Gasteiger partial charge >= 0.3 is 0 Å². The minimum Gasteiger partial charge on any atom is -0.497 e. The highest BCUT2D eigenvalue weighted by atomic mass is 32.2. The van der Waals surface area contributed by atoms with Crippen LogP contribution in [-0.2, 0) is 17.1 Å². The lowest BCUT2D eigenvalue weighted by molar-refractivity contribution is 0.414. The molecule has 6 nitrogen and oxygen atoms in total. The highest BCUT2D eigenvalue weighted by molar-refractivity contribution is 7.90. The molecular formula is C17H18N2O4S2. The van der Waals surface area contributed by atoms with Gasteiger partial charge in [0.05, 0.1) is 23.8 Å². The van der Waals surface area contributed by atoms with Crippen LogP contribution in [0, 0.1) is 6.92 Å². The topological polar surface area (TPSA) is 69.9 Å². The lowest BCUT2D eigenvalue weighted by Gasteiger charge is -2.05. The summed E-state index contributed by atoms with van der Waals surface area (Å²) in [5, 5.41) is 0. The molecule has 8 heteroatoms. The molecule has 3 rings (SSSR count). The Balaban J connectivity index is 2.20. The van der Waals surface area contributed by atoms with Gasteiger partial charge in [0, 0.05) is 7.05 Å². The van der Waals surface area contributed by atoms with Gasteiger partial charge in [0.2, 0.25) is 4.80 Å². The van der Waals surface area contributed by atoms with Crippen molar-refractivity contribution in [1.29, 1.82) is 0 Å². The minimum absolute atomic E-state index is 0.120. The van der Waals surface area contributed by atoms with Crippen LogP contribution in [-0.4, -0.2) is 27.2 Å². The lowest BCUT2D eigenvalue weighted by atomic mass is 10.2. The third kappa shape index (κ3) is 3.14. The van der Waals surface area contributed by atoms with Crippen molar-refractivity contribution in [3.8, 4) is 11.5 Å². The first-order valence-corrected chi connectivity index (χ1v) is 9.71. The average molecular weight is 378 g/mol. The molecule has 0 spiro atoms. The van der Waals surface area contributed by atoms with Gasteiger partial charge in [-0.15, -0.1) is 4.40 Å². The second-order valence-corrected chi connectivity index (χ2v) is 8.03. The third-order valence-corrected chi connectivity index (χ3v) is 6.55. The van der Waals surface area contributed by atoms with E-state index in [2.05, 4.69) is 4.40 Å². The van der Waals surface area contributed by atoms with E-state index in [9.17, 15) is 8.42 Å². The monoisotopic (exact) mass is 378 g/mol. The summed E-state index contributed by atoms with van der Waals surface area (Å²) in [5.41, 5.74) is 1.87. The summed E-state index contributed by atoms with van der Waals surface area (Å²) < 4.78 is 42.4. The van der Waals surface area contributed by atoms with Crippen molar-refractivity contribution < 1.29 is 17.9 Å². The Morgan fingerprint density at radius 2 is 1.72 bits per heavy atom. The maximum atomic E-state index is 12.6. The molecule has 0 aliphatic rings. The van der Waals surface area contributed by atoms with Crippen molar-refractivity contribution in [2.24, 2.45) is 11.4 Å². The fourth-order valence-corrected chi connectivity index (χ4v) is 4.83. The molecule has 0 radical (unpaired) electrons. The number of aryl methyl sites for hydroxylation is 2. The summed E-state index contributed by atoms with van der Waals surface area (Å²) in [6.45, 7) is 1.97. The number of aromatic nitrogens is 1. The van der Waals surface area contributed by atoms with Crippen LogP contribution in [0.1, 0.15) is 5.56 Å². The number of benzene rings is 2. The summed E-state index contributed by atoms with van der Waals surface area (Å²) in [6, 6.07) is 9.97. The molecule has 0 aliphatic carbocycles. The van der Waals surface area contributed by atoms with E-state index in [1.165, 1.54) is 30.6 Å². The molecule has 25 heavy (non-hydrogen) atoms. The first-order chi connectivity index (χ1) is 11.9. The van der Waals surface area contributed by atoms with Gasteiger partial charge in [-0.05, 0) is 42.8 Å². The van der Waals surface area contributed by atoms with E-state index in [0.29, 0.717) is 16.3 Å². The van der Waals surface area contributed by atoms with Crippen LogP contribution in [0.3, 0.4) is 0 Å². The number of thiazole rings is 1. The standard InChI is InChI=1S/C17H18N2O4S2/c1-11-5-10-14(23-4)15-16(11)24-17(19(15)2)18-25(20,21)13-8-6-12(22-3)7-9-13/h5-10H,1-4H3. The Labute approximate surface area is 150 Å². The molecule has 0 bridgehead atoms. The quantitative estimate of drug-likeness (QED) is 0.700. The van der Waals surface area contributed by atoms with Crippen LogP contribution >= 0.6 is 11.3 Å². The molecule has 1 heterocycles. The fraction of sp³-hybridized carbons (Fsp3) is 0.235. The number of nitrogens with zero attached hydrogens (tertiary/aromatic N) is 2. The van der Waals surface area contributed by atoms with Crippen LogP contribution < -0.4 is 14.3 Å². The molecule has 0 saturated heterocycles. The molecule has 3 aromatic rings. The lowest BCUT2D eigenvalue weighted by Crippen LogP contribution is -2.14. The van der Waals surface area contributed by atoms with E-state index in [4.69, 9.17) is 9.47 Å². The highest BCUT2D eigenvalue weighted by Gasteiger charge is 2.16. The predicted molar refractivity (Wildman–Crippen MR) is 97.8 cm³/mol. The smallest absolute Gasteiger partial charge is 0.285 e. The van der Waals surface area contributed by atoms with Crippen LogP contribution in [0.25, 0.3) is 10.2 Å². The second-order valence-electron chi connectivity index (χ2n) is 5.45. The molecule has 0 amide bonds. The summed E-state index contributed by atoms with van der Waals surface area (Å²) in [4.78, 5) is 0.507. The number of sulfonamides is 1. The Morgan fingerprint density at radius 3 is 2.32 bits per heavy atom. The van der Waals surface area contributed by atoms with Gasteiger partial charge in [0.1, 0.15) is 17.0 Å². The van der Waals surface area contributed by atoms with E-state index < -0.39 is 10.0 Å². The third-order valence-electron chi connectivity index (χ3n) is 3.88. The van der Waals surface area contributed by atoms with Gasteiger partial charge in [-0.3, -0.25) is 0 Å². The van der Waals surface area contributed by atoms with E-state index in [-0.39, 0.29) is 4.90 Å². The number of methoxy groups -OCH3 is 2. The molecular weight excluding hydrogens is 360 g/mol. The van der Waals surface area contributed by atoms with Crippen molar-refractivity contribution in [3.63, 3.8) is 0 Å². The Bertz CT molecular complexity index is 1090. The van der Waals surface area contributed by atoms with Crippen molar-refractivity contribution >= 4 is 31.6 Å². The van der Waals surface area contributed by atoms with Crippen molar-refractivity contribution in [2.75, 3.05) is 14.2 Å². The molecule has 0 atom stereocenters. The molecule has 0 fully saturated rings. The van der Waals surface area contributed by atoms with Crippen molar-refractivity contribution in [3.05, 3.63) is 46.8 Å². The maximum absolute atomic E-state index is 12.6. The average Bonchev–Trinajstić information content (AvgIpc) is 2.93. The first kappa shape index (κ1) is 17.5. The number of rotatable bonds is 4. The zero-order chi connectivity index (χ0) is 18.2. The van der Waals surface area contributed by atoms with E-state index in [1.54, 1.807) is 30.9 Å². The van der Waals surface area contributed by atoms with E-state index in [1.807, 2.05) is 19.1 Å².